The molecule has 0 aliphatic heterocycles. The molecule has 0 aliphatic rings. The fourth-order valence-corrected chi connectivity index (χ4v) is 3.16. The predicted molar refractivity (Wildman–Crippen MR) is 99.9 cm³/mol. The second kappa shape index (κ2) is 7.22. The molecule has 6 heteroatoms. The van der Waals surface area contributed by atoms with Crippen molar-refractivity contribution in [1.29, 1.82) is 0 Å². The zero-order valence-electron chi connectivity index (χ0n) is 14.5. The van der Waals surface area contributed by atoms with Crippen LogP contribution in [0.25, 0.3) is 10.9 Å². The molecule has 0 fully saturated rings. The Kier molecular flexibility index (Phi) is 5.00. The molecule has 0 unspecified atom stereocenters. The minimum atomic E-state index is -0.378. The Morgan fingerprint density at radius 1 is 1.15 bits per heavy atom. The van der Waals surface area contributed by atoms with Gasteiger partial charge in [0.15, 0.2) is 0 Å². The first-order valence-corrected chi connectivity index (χ1v) is 8.59. The summed E-state index contributed by atoms with van der Waals surface area (Å²) in [5.41, 5.74) is 2.40. The summed E-state index contributed by atoms with van der Waals surface area (Å²) < 4.78 is 6.59. The van der Waals surface area contributed by atoms with E-state index < -0.39 is 0 Å². The molecule has 1 aromatic heterocycles. The monoisotopic (exact) mass is 371 g/mol. The molecule has 134 valence electrons. The van der Waals surface area contributed by atoms with Crippen molar-refractivity contribution in [2.24, 2.45) is 0 Å². The lowest BCUT2D eigenvalue weighted by Gasteiger charge is -2.08. The first-order valence-electron chi connectivity index (χ1n) is 8.21. The SMILES string of the molecule is CCOC(=O)Cc1c(C)n(C(=O)c2ccc(Cl)cc2)c2ccc(O)cc12. The maximum absolute atomic E-state index is 13.0. The number of esters is 1. The number of carbonyl (C=O) groups is 2. The summed E-state index contributed by atoms with van der Waals surface area (Å²) in [5.74, 6) is -0.541. The van der Waals surface area contributed by atoms with E-state index >= 15 is 0 Å². The third-order valence-corrected chi connectivity index (χ3v) is 4.49. The first kappa shape index (κ1) is 18.0. The highest BCUT2D eigenvalue weighted by atomic mass is 35.5. The largest absolute Gasteiger partial charge is 0.508 e. The van der Waals surface area contributed by atoms with Crippen LogP contribution in [0.1, 0.15) is 28.5 Å². The highest BCUT2D eigenvalue weighted by molar-refractivity contribution is 6.30. The number of rotatable bonds is 4. The van der Waals surface area contributed by atoms with Gasteiger partial charge in [0.25, 0.3) is 5.91 Å². The Morgan fingerprint density at radius 3 is 2.50 bits per heavy atom. The maximum Gasteiger partial charge on any atom is 0.310 e. The summed E-state index contributed by atoms with van der Waals surface area (Å²) in [4.78, 5) is 25.0. The van der Waals surface area contributed by atoms with E-state index in [4.69, 9.17) is 16.3 Å². The Morgan fingerprint density at radius 2 is 1.85 bits per heavy atom. The van der Waals surface area contributed by atoms with Gasteiger partial charge in [0.05, 0.1) is 18.5 Å². The summed E-state index contributed by atoms with van der Waals surface area (Å²) in [6.45, 7) is 3.80. The van der Waals surface area contributed by atoms with Crippen molar-refractivity contribution in [3.05, 3.63) is 64.3 Å². The number of phenols is 1. The predicted octanol–water partition coefficient (Wildman–Crippen LogP) is 4.10. The topological polar surface area (TPSA) is 68.5 Å². The lowest BCUT2D eigenvalue weighted by Crippen LogP contribution is -2.14. The van der Waals surface area contributed by atoms with Gasteiger partial charge in [-0.2, -0.15) is 0 Å². The number of benzene rings is 2. The molecule has 0 amide bonds. The molecular formula is C20H18ClNO4. The van der Waals surface area contributed by atoms with E-state index in [1.807, 2.05) is 0 Å². The number of phenolic OH excluding ortho intramolecular Hbond substituents is 1. The van der Waals surface area contributed by atoms with Crippen LogP contribution >= 0.6 is 11.6 Å². The number of hydrogen-bond donors (Lipinski definition) is 1. The van der Waals surface area contributed by atoms with Gasteiger partial charge in [-0.3, -0.25) is 14.2 Å². The zero-order valence-corrected chi connectivity index (χ0v) is 15.2. The van der Waals surface area contributed by atoms with E-state index in [9.17, 15) is 14.7 Å². The standard InChI is InChI=1S/C20H18ClNO4/c1-3-26-19(24)11-16-12(2)22(18-9-8-15(23)10-17(16)18)20(25)13-4-6-14(21)7-5-13/h4-10,23H,3,11H2,1-2H3. The highest BCUT2D eigenvalue weighted by Gasteiger charge is 2.22. The molecule has 0 bridgehead atoms. The molecule has 0 saturated carbocycles. The van der Waals surface area contributed by atoms with Crippen molar-refractivity contribution in [2.75, 3.05) is 6.61 Å². The van der Waals surface area contributed by atoms with Gasteiger partial charge in [0, 0.05) is 21.7 Å². The quantitative estimate of drug-likeness (QED) is 0.701. The van der Waals surface area contributed by atoms with E-state index in [0.29, 0.717) is 32.7 Å². The van der Waals surface area contributed by atoms with E-state index in [2.05, 4.69) is 0 Å². The summed E-state index contributed by atoms with van der Waals surface area (Å²) in [5, 5.41) is 11.0. The zero-order chi connectivity index (χ0) is 18.8. The van der Waals surface area contributed by atoms with Crippen LogP contribution in [0.3, 0.4) is 0 Å². The van der Waals surface area contributed by atoms with Crippen molar-refractivity contribution >= 4 is 34.4 Å². The second-order valence-corrected chi connectivity index (χ2v) is 6.33. The molecular weight excluding hydrogens is 354 g/mol. The molecule has 0 atom stereocenters. The summed E-state index contributed by atoms with van der Waals surface area (Å²) in [7, 11) is 0. The van der Waals surface area contributed by atoms with Crippen molar-refractivity contribution in [3.8, 4) is 5.75 Å². The van der Waals surface area contributed by atoms with E-state index in [0.717, 1.165) is 0 Å². The fourth-order valence-electron chi connectivity index (χ4n) is 3.03. The minimum absolute atomic E-state index is 0.0283. The number of fused-ring (bicyclic) bond motifs is 1. The molecule has 3 aromatic rings. The van der Waals surface area contributed by atoms with E-state index in [1.165, 1.54) is 6.07 Å². The summed E-state index contributed by atoms with van der Waals surface area (Å²) in [6, 6.07) is 11.4. The number of halogens is 1. The van der Waals surface area contributed by atoms with Gasteiger partial charge in [0.1, 0.15) is 5.75 Å². The molecule has 0 radical (unpaired) electrons. The van der Waals surface area contributed by atoms with Crippen LogP contribution in [-0.4, -0.2) is 28.2 Å². The van der Waals surface area contributed by atoms with Crippen LogP contribution in [0.15, 0.2) is 42.5 Å². The van der Waals surface area contributed by atoms with Crippen molar-refractivity contribution < 1.29 is 19.4 Å². The van der Waals surface area contributed by atoms with Crippen LogP contribution in [0.4, 0.5) is 0 Å². The number of ether oxygens (including phenoxy) is 1. The van der Waals surface area contributed by atoms with Crippen LogP contribution in [0.5, 0.6) is 5.75 Å². The number of hydrogen-bond acceptors (Lipinski definition) is 4. The first-order chi connectivity index (χ1) is 12.4. The maximum atomic E-state index is 13.0. The summed E-state index contributed by atoms with van der Waals surface area (Å²) in [6.07, 6.45) is 0.0283. The molecule has 0 aliphatic carbocycles. The van der Waals surface area contributed by atoms with Gasteiger partial charge >= 0.3 is 5.97 Å². The van der Waals surface area contributed by atoms with E-state index in [1.54, 1.807) is 54.8 Å². The van der Waals surface area contributed by atoms with Crippen molar-refractivity contribution in [3.63, 3.8) is 0 Å². The molecule has 0 spiro atoms. The Balaban J connectivity index is 2.16. The molecule has 1 heterocycles. The van der Waals surface area contributed by atoms with Gasteiger partial charge < -0.3 is 9.84 Å². The van der Waals surface area contributed by atoms with E-state index in [-0.39, 0.29) is 30.7 Å². The van der Waals surface area contributed by atoms with Gasteiger partial charge in [-0.1, -0.05) is 11.6 Å². The number of nitrogens with zero attached hydrogens (tertiary/aromatic N) is 1. The molecule has 3 rings (SSSR count). The molecule has 5 nitrogen and oxygen atoms in total. The van der Waals surface area contributed by atoms with Crippen molar-refractivity contribution in [2.45, 2.75) is 20.3 Å². The van der Waals surface area contributed by atoms with Crippen LogP contribution < -0.4 is 0 Å². The van der Waals surface area contributed by atoms with Crippen LogP contribution in [0, 0.1) is 6.92 Å². The van der Waals surface area contributed by atoms with Crippen molar-refractivity contribution in [1.82, 2.24) is 4.57 Å². The van der Waals surface area contributed by atoms with Crippen LogP contribution in [-0.2, 0) is 16.0 Å². The lowest BCUT2D eigenvalue weighted by molar-refractivity contribution is -0.142. The molecule has 1 N–H and O–H groups in total. The number of carbonyl (C=O) groups excluding carboxylic acids is 2. The third kappa shape index (κ3) is 3.30. The Bertz CT molecular complexity index is 989. The van der Waals surface area contributed by atoms with Gasteiger partial charge in [-0.25, -0.2) is 0 Å². The van der Waals surface area contributed by atoms with Gasteiger partial charge in [-0.15, -0.1) is 0 Å². The molecule has 0 saturated heterocycles. The molecule has 26 heavy (non-hydrogen) atoms. The number of aromatic nitrogens is 1. The number of aromatic hydroxyl groups is 1. The average molecular weight is 372 g/mol. The highest BCUT2D eigenvalue weighted by Crippen LogP contribution is 2.30. The lowest BCUT2D eigenvalue weighted by atomic mass is 10.1. The third-order valence-electron chi connectivity index (χ3n) is 4.24. The second-order valence-electron chi connectivity index (χ2n) is 5.89. The average Bonchev–Trinajstić information content (AvgIpc) is 2.87. The smallest absolute Gasteiger partial charge is 0.310 e. The van der Waals surface area contributed by atoms with Crippen LogP contribution in [0.2, 0.25) is 5.02 Å². The minimum Gasteiger partial charge on any atom is -0.508 e. The van der Waals surface area contributed by atoms with Gasteiger partial charge in [0.2, 0.25) is 0 Å². The molecule has 2 aromatic carbocycles. The Hall–Kier alpha value is -2.79. The Labute approximate surface area is 155 Å². The normalized spacial score (nSPS) is 10.9. The fraction of sp³-hybridized carbons (Fsp3) is 0.200. The van der Waals surface area contributed by atoms with Gasteiger partial charge in [-0.05, 0) is 61.9 Å². The summed E-state index contributed by atoms with van der Waals surface area (Å²) >= 11 is 5.90.